The molecule has 1 aromatic carbocycles. The Morgan fingerprint density at radius 1 is 1.42 bits per heavy atom. The van der Waals surface area contributed by atoms with E-state index < -0.39 is 0 Å². The van der Waals surface area contributed by atoms with Crippen molar-refractivity contribution in [1.82, 2.24) is 0 Å². The molecule has 66 valence electrons. The van der Waals surface area contributed by atoms with Crippen LogP contribution in [0.25, 0.3) is 0 Å². The maximum Gasteiger partial charge on any atom is 0.118 e. The first-order chi connectivity index (χ1) is 5.65. The average molecular weight is 164 g/mol. The number of rotatable bonds is 2. The molecule has 0 radical (unpaired) electrons. The maximum absolute atomic E-state index is 9.30. The molecule has 0 aliphatic heterocycles. The number of phenols is 1. The Kier molecular flexibility index (Phi) is 2.74. The van der Waals surface area contributed by atoms with Gasteiger partial charge in [-0.25, -0.2) is 0 Å². The third kappa shape index (κ3) is 1.79. The highest BCUT2D eigenvalue weighted by Crippen LogP contribution is 2.24. The fourth-order valence-corrected chi connectivity index (χ4v) is 1.22. The molecule has 1 heteroatoms. The zero-order valence-electron chi connectivity index (χ0n) is 7.96. The molecule has 1 nitrogen and oxygen atoms in total. The number of hydrogen-bond donors (Lipinski definition) is 1. The molecule has 0 bridgehead atoms. The molecule has 0 amide bonds. The van der Waals surface area contributed by atoms with Crippen molar-refractivity contribution >= 4 is 0 Å². The van der Waals surface area contributed by atoms with Crippen molar-refractivity contribution in [3.63, 3.8) is 0 Å². The number of phenolic OH excluding ortho intramolecular Hbond substituents is 1. The summed E-state index contributed by atoms with van der Waals surface area (Å²) in [5, 5.41) is 9.30. The predicted octanol–water partition coefficient (Wildman–Crippen LogP) is 3.21. The fourth-order valence-electron chi connectivity index (χ4n) is 1.22. The number of hydrogen-bond acceptors (Lipinski definition) is 1. The third-order valence-electron chi connectivity index (χ3n) is 2.40. The van der Waals surface area contributed by atoms with Gasteiger partial charge in [0.25, 0.3) is 0 Å². The first kappa shape index (κ1) is 9.11. The van der Waals surface area contributed by atoms with Crippen LogP contribution in [0.15, 0.2) is 18.2 Å². The molecule has 1 unspecified atom stereocenters. The molecular formula is C11H16O. The highest BCUT2D eigenvalue weighted by atomic mass is 16.3. The summed E-state index contributed by atoms with van der Waals surface area (Å²) in [6, 6.07) is 5.83. The minimum atomic E-state index is 0.391. The first-order valence-electron chi connectivity index (χ1n) is 4.44. The van der Waals surface area contributed by atoms with Crippen LogP contribution in [0.5, 0.6) is 5.75 Å². The largest absolute Gasteiger partial charge is 0.508 e. The van der Waals surface area contributed by atoms with Crippen molar-refractivity contribution in [2.45, 2.75) is 33.1 Å². The van der Waals surface area contributed by atoms with Crippen LogP contribution in [-0.4, -0.2) is 5.11 Å². The van der Waals surface area contributed by atoms with Gasteiger partial charge in [-0.2, -0.15) is 0 Å². The quantitative estimate of drug-likeness (QED) is 0.711. The lowest BCUT2D eigenvalue weighted by atomic mass is 9.97. The van der Waals surface area contributed by atoms with Gasteiger partial charge in [0, 0.05) is 0 Å². The summed E-state index contributed by atoms with van der Waals surface area (Å²) in [5.74, 6) is 0.978. The minimum Gasteiger partial charge on any atom is -0.508 e. The molecule has 1 N–H and O–H groups in total. The lowest BCUT2D eigenvalue weighted by molar-refractivity contribution is 0.470. The van der Waals surface area contributed by atoms with Crippen LogP contribution in [0.3, 0.4) is 0 Å². The van der Waals surface area contributed by atoms with Gasteiger partial charge in [0.05, 0.1) is 0 Å². The monoisotopic (exact) mass is 164 g/mol. The van der Waals surface area contributed by atoms with Gasteiger partial charge in [-0.05, 0) is 36.5 Å². The molecular weight excluding hydrogens is 148 g/mol. The highest BCUT2D eigenvalue weighted by molar-refractivity contribution is 5.36. The van der Waals surface area contributed by atoms with E-state index in [1.807, 2.05) is 13.0 Å². The van der Waals surface area contributed by atoms with E-state index in [1.54, 1.807) is 6.07 Å². The summed E-state index contributed by atoms with van der Waals surface area (Å²) in [7, 11) is 0. The Labute approximate surface area is 74.1 Å². The van der Waals surface area contributed by atoms with Crippen molar-refractivity contribution in [1.29, 1.82) is 0 Å². The lowest BCUT2D eigenvalue weighted by Crippen LogP contribution is -1.91. The van der Waals surface area contributed by atoms with E-state index in [-0.39, 0.29) is 0 Å². The van der Waals surface area contributed by atoms with E-state index in [9.17, 15) is 5.11 Å². The number of benzene rings is 1. The Morgan fingerprint density at radius 2 is 2.08 bits per heavy atom. The molecule has 0 spiro atoms. The number of aromatic hydroxyl groups is 1. The minimum absolute atomic E-state index is 0.391. The zero-order chi connectivity index (χ0) is 9.14. The molecule has 1 aromatic rings. The third-order valence-corrected chi connectivity index (χ3v) is 2.40. The fraction of sp³-hybridized carbons (Fsp3) is 0.455. The molecule has 0 saturated heterocycles. The van der Waals surface area contributed by atoms with Crippen LogP contribution in [0.1, 0.15) is 37.3 Å². The Balaban J connectivity index is 2.96. The molecule has 0 aliphatic carbocycles. The van der Waals surface area contributed by atoms with Crippen LogP contribution in [0.2, 0.25) is 0 Å². The van der Waals surface area contributed by atoms with Crippen molar-refractivity contribution in [2.24, 2.45) is 0 Å². The molecule has 0 fully saturated rings. The van der Waals surface area contributed by atoms with Crippen molar-refractivity contribution < 1.29 is 5.11 Å². The van der Waals surface area contributed by atoms with Gasteiger partial charge in [-0.3, -0.25) is 0 Å². The first-order valence-corrected chi connectivity index (χ1v) is 4.44. The van der Waals surface area contributed by atoms with E-state index in [2.05, 4.69) is 19.9 Å². The predicted molar refractivity (Wildman–Crippen MR) is 51.5 cm³/mol. The summed E-state index contributed by atoms with van der Waals surface area (Å²) in [6.07, 6.45) is 1.14. The van der Waals surface area contributed by atoms with Gasteiger partial charge in [0.2, 0.25) is 0 Å². The summed E-state index contributed by atoms with van der Waals surface area (Å²) in [6.45, 7) is 6.31. The van der Waals surface area contributed by atoms with E-state index in [0.29, 0.717) is 11.7 Å². The highest BCUT2D eigenvalue weighted by Gasteiger charge is 2.03. The zero-order valence-corrected chi connectivity index (χ0v) is 7.96. The molecule has 12 heavy (non-hydrogen) atoms. The van der Waals surface area contributed by atoms with Crippen LogP contribution in [0, 0.1) is 6.92 Å². The van der Waals surface area contributed by atoms with Gasteiger partial charge < -0.3 is 5.11 Å². The average Bonchev–Trinajstić information content (AvgIpc) is 2.08. The van der Waals surface area contributed by atoms with E-state index >= 15 is 0 Å². The van der Waals surface area contributed by atoms with Crippen LogP contribution < -0.4 is 0 Å². The van der Waals surface area contributed by atoms with Crippen LogP contribution in [0.4, 0.5) is 0 Å². The number of aryl methyl sites for hydroxylation is 1. The molecule has 1 rings (SSSR count). The van der Waals surface area contributed by atoms with Gasteiger partial charge in [0.1, 0.15) is 5.75 Å². The van der Waals surface area contributed by atoms with Gasteiger partial charge in [0.15, 0.2) is 0 Å². The standard InChI is InChI=1S/C11H16O/c1-4-8(2)10-5-6-11(12)9(3)7-10/h5-8,12H,4H2,1-3H3. The summed E-state index contributed by atoms with van der Waals surface area (Å²) in [5.41, 5.74) is 2.28. The second-order valence-electron chi connectivity index (χ2n) is 3.36. The summed E-state index contributed by atoms with van der Waals surface area (Å²) >= 11 is 0. The van der Waals surface area contributed by atoms with E-state index in [0.717, 1.165) is 12.0 Å². The topological polar surface area (TPSA) is 20.2 Å². The van der Waals surface area contributed by atoms with Crippen molar-refractivity contribution in [2.75, 3.05) is 0 Å². The Morgan fingerprint density at radius 3 is 2.58 bits per heavy atom. The van der Waals surface area contributed by atoms with Crippen LogP contribution >= 0.6 is 0 Å². The van der Waals surface area contributed by atoms with Gasteiger partial charge in [-0.15, -0.1) is 0 Å². The molecule has 0 aromatic heterocycles. The smallest absolute Gasteiger partial charge is 0.118 e. The van der Waals surface area contributed by atoms with E-state index in [4.69, 9.17) is 0 Å². The molecule has 1 atom stereocenters. The maximum atomic E-state index is 9.30. The van der Waals surface area contributed by atoms with Gasteiger partial charge >= 0.3 is 0 Å². The Hall–Kier alpha value is -0.980. The lowest BCUT2D eigenvalue weighted by Gasteiger charge is -2.09. The van der Waals surface area contributed by atoms with E-state index in [1.165, 1.54) is 5.56 Å². The molecule has 0 heterocycles. The van der Waals surface area contributed by atoms with Crippen molar-refractivity contribution in [3.05, 3.63) is 29.3 Å². The second-order valence-corrected chi connectivity index (χ2v) is 3.36. The van der Waals surface area contributed by atoms with Crippen molar-refractivity contribution in [3.8, 4) is 5.75 Å². The summed E-state index contributed by atoms with van der Waals surface area (Å²) in [4.78, 5) is 0. The van der Waals surface area contributed by atoms with Crippen LogP contribution in [-0.2, 0) is 0 Å². The molecule has 0 saturated carbocycles. The second kappa shape index (κ2) is 3.61. The van der Waals surface area contributed by atoms with Gasteiger partial charge in [-0.1, -0.05) is 26.0 Å². The normalized spacial score (nSPS) is 12.9. The molecule has 0 aliphatic rings. The Bertz CT molecular complexity index is 266. The SMILES string of the molecule is CCC(C)c1ccc(O)c(C)c1. The summed E-state index contributed by atoms with van der Waals surface area (Å²) < 4.78 is 0.